The predicted molar refractivity (Wildman–Crippen MR) is 88.3 cm³/mol. The van der Waals surface area contributed by atoms with Gasteiger partial charge in [-0.15, -0.1) is 0 Å². The number of anilines is 1. The Morgan fingerprint density at radius 2 is 1.69 bits per heavy atom. The van der Waals surface area contributed by atoms with Gasteiger partial charge in [-0.2, -0.15) is 5.26 Å². The van der Waals surface area contributed by atoms with Crippen LogP contribution in [0.5, 0.6) is 0 Å². The molecule has 2 aliphatic heterocycles. The zero-order chi connectivity index (χ0) is 18.5. The summed E-state index contributed by atoms with van der Waals surface area (Å²) in [5.74, 6) is -3.67. The number of hydrogen-bond acceptors (Lipinski definition) is 3. The summed E-state index contributed by atoms with van der Waals surface area (Å²) in [5.41, 5.74) is -0.357. The van der Waals surface area contributed by atoms with Gasteiger partial charge in [-0.3, -0.25) is 9.59 Å². The molecule has 2 N–H and O–H groups in total. The first-order chi connectivity index (χ1) is 12.5. The first-order valence-electron chi connectivity index (χ1n) is 7.76. The van der Waals surface area contributed by atoms with E-state index in [9.17, 15) is 23.6 Å². The van der Waals surface area contributed by atoms with Gasteiger partial charge >= 0.3 is 0 Å². The molecule has 2 unspecified atom stereocenters. The number of nitrogens with zero attached hydrogens (tertiary/aromatic N) is 1. The van der Waals surface area contributed by atoms with Gasteiger partial charge in [-0.25, -0.2) is 8.78 Å². The maximum Gasteiger partial charge on any atom is 0.243 e. The minimum absolute atomic E-state index is 0.225. The third kappa shape index (κ3) is 2.12. The van der Waals surface area contributed by atoms with Crippen molar-refractivity contribution in [3.05, 3.63) is 71.3 Å². The van der Waals surface area contributed by atoms with Gasteiger partial charge in [0.1, 0.15) is 23.0 Å². The van der Waals surface area contributed by atoms with E-state index in [4.69, 9.17) is 0 Å². The summed E-state index contributed by atoms with van der Waals surface area (Å²) in [5, 5.41) is 14.7. The number of amides is 2. The summed E-state index contributed by atoms with van der Waals surface area (Å²) in [6, 6.07) is 10.9. The van der Waals surface area contributed by atoms with Gasteiger partial charge in [0, 0.05) is 11.4 Å². The standard InChI is InChI=1S/C19H11F2N3O2/c20-11-3-1-10(2-4-11)16-8-19(14(9-22)17(25)23-16)13-7-12(21)5-6-15(13)24-18(19)26/h1-8,14H,(H,23,25)(H,24,26). The molecular formula is C19H11F2N3O2. The van der Waals surface area contributed by atoms with Crippen LogP contribution in [0.4, 0.5) is 14.5 Å². The molecule has 2 amide bonds. The molecule has 0 bridgehead atoms. The molecule has 0 aromatic heterocycles. The van der Waals surface area contributed by atoms with Crippen LogP contribution in [0.2, 0.25) is 0 Å². The van der Waals surface area contributed by atoms with Crippen molar-refractivity contribution in [3.63, 3.8) is 0 Å². The molecule has 1 spiro atoms. The van der Waals surface area contributed by atoms with Gasteiger partial charge < -0.3 is 10.6 Å². The van der Waals surface area contributed by atoms with Gasteiger partial charge in [0.25, 0.3) is 0 Å². The summed E-state index contributed by atoms with van der Waals surface area (Å²) in [4.78, 5) is 25.4. The summed E-state index contributed by atoms with van der Waals surface area (Å²) in [6.45, 7) is 0. The maximum atomic E-state index is 13.8. The van der Waals surface area contributed by atoms with Crippen LogP contribution in [0, 0.1) is 28.9 Å². The van der Waals surface area contributed by atoms with E-state index in [-0.39, 0.29) is 11.3 Å². The number of carbonyl (C=O) groups excluding carboxylic acids is 2. The Hall–Kier alpha value is -3.53. The van der Waals surface area contributed by atoms with Gasteiger partial charge in [-0.1, -0.05) is 0 Å². The molecule has 2 heterocycles. The van der Waals surface area contributed by atoms with E-state index < -0.39 is 34.8 Å². The van der Waals surface area contributed by atoms with Crippen LogP contribution in [0.1, 0.15) is 11.1 Å². The number of halogens is 2. The third-order valence-corrected chi connectivity index (χ3v) is 4.68. The summed E-state index contributed by atoms with van der Waals surface area (Å²) < 4.78 is 27.0. The van der Waals surface area contributed by atoms with Crippen molar-refractivity contribution in [2.75, 3.05) is 5.32 Å². The van der Waals surface area contributed by atoms with E-state index in [0.29, 0.717) is 11.3 Å². The molecule has 2 aliphatic rings. The number of nitriles is 1. The SMILES string of the molecule is N#CC1C(=O)NC(c2ccc(F)cc2)=CC12C(=O)Nc1ccc(F)cc12. The second-order valence-corrected chi connectivity index (χ2v) is 6.13. The lowest BCUT2D eigenvalue weighted by Crippen LogP contribution is -2.51. The monoisotopic (exact) mass is 351 g/mol. The van der Waals surface area contributed by atoms with Crippen molar-refractivity contribution in [1.29, 1.82) is 5.26 Å². The smallest absolute Gasteiger partial charge is 0.243 e. The molecule has 0 fully saturated rings. The second-order valence-electron chi connectivity index (χ2n) is 6.13. The van der Waals surface area contributed by atoms with E-state index in [1.54, 1.807) is 0 Å². The molecule has 7 heteroatoms. The van der Waals surface area contributed by atoms with Crippen LogP contribution in [0.25, 0.3) is 5.70 Å². The van der Waals surface area contributed by atoms with Crippen LogP contribution in [0.3, 0.4) is 0 Å². The predicted octanol–water partition coefficient (Wildman–Crippen LogP) is 2.47. The van der Waals surface area contributed by atoms with Crippen LogP contribution < -0.4 is 10.6 Å². The fourth-order valence-corrected chi connectivity index (χ4v) is 3.45. The normalized spacial score (nSPS) is 23.7. The van der Waals surface area contributed by atoms with Crippen LogP contribution in [-0.4, -0.2) is 11.8 Å². The molecular weight excluding hydrogens is 340 g/mol. The van der Waals surface area contributed by atoms with Gasteiger partial charge in [-0.05, 0) is 59.7 Å². The lowest BCUT2D eigenvalue weighted by Gasteiger charge is -2.33. The number of carbonyl (C=O) groups is 2. The molecule has 4 rings (SSSR count). The van der Waals surface area contributed by atoms with Gasteiger partial charge in [0.2, 0.25) is 11.8 Å². The zero-order valence-electron chi connectivity index (χ0n) is 13.2. The maximum absolute atomic E-state index is 13.8. The lowest BCUT2D eigenvalue weighted by molar-refractivity contribution is -0.129. The molecule has 0 radical (unpaired) electrons. The Kier molecular flexibility index (Phi) is 3.37. The highest BCUT2D eigenvalue weighted by Gasteiger charge is 2.56. The Morgan fingerprint density at radius 3 is 2.38 bits per heavy atom. The number of fused-ring (bicyclic) bond motifs is 2. The molecule has 26 heavy (non-hydrogen) atoms. The second kappa shape index (κ2) is 5.49. The van der Waals surface area contributed by atoms with Gasteiger partial charge in [0.15, 0.2) is 0 Å². The molecule has 2 aromatic rings. The van der Waals surface area contributed by atoms with Crippen LogP contribution in [-0.2, 0) is 15.0 Å². The largest absolute Gasteiger partial charge is 0.325 e. The molecule has 0 saturated carbocycles. The van der Waals surface area contributed by atoms with E-state index >= 15 is 0 Å². The van der Waals surface area contributed by atoms with Gasteiger partial charge in [0.05, 0.1) is 6.07 Å². The highest BCUT2D eigenvalue weighted by molar-refractivity contribution is 6.14. The Morgan fingerprint density at radius 1 is 1.00 bits per heavy atom. The molecule has 2 atom stereocenters. The third-order valence-electron chi connectivity index (χ3n) is 4.68. The zero-order valence-corrected chi connectivity index (χ0v) is 13.2. The van der Waals surface area contributed by atoms with E-state index in [0.717, 1.165) is 6.07 Å². The number of benzene rings is 2. The summed E-state index contributed by atoms with van der Waals surface area (Å²) in [6.07, 6.45) is 1.44. The topological polar surface area (TPSA) is 82.0 Å². The molecule has 0 saturated heterocycles. The molecule has 0 aliphatic carbocycles. The van der Waals surface area contributed by atoms with E-state index in [1.165, 1.54) is 42.5 Å². The Balaban J connectivity index is 1.98. The first kappa shape index (κ1) is 16.0. The first-order valence-corrected chi connectivity index (χ1v) is 7.76. The average Bonchev–Trinajstić information content (AvgIpc) is 2.87. The van der Waals surface area contributed by atoms with Crippen molar-refractivity contribution in [1.82, 2.24) is 5.32 Å². The number of rotatable bonds is 1. The van der Waals surface area contributed by atoms with E-state index in [2.05, 4.69) is 10.6 Å². The summed E-state index contributed by atoms with van der Waals surface area (Å²) in [7, 11) is 0. The Labute approximate surface area is 146 Å². The average molecular weight is 351 g/mol. The summed E-state index contributed by atoms with van der Waals surface area (Å²) >= 11 is 0. The highest BCUT2D eigenvalue weighted by Crippen LogP contribution is 2.47. The fraction of sp³-hybridized carbons (Fsp3) is 0.105. The fourth-order valence-electron chi connectivity index (χ4n) is 3.45. The van der Waals surface area contributed by atoms with Crippen molar-refractivity contribution in [2.24, 2.45) is 5.92 Å². The minimum atomic E-state index is -1.65. The Bertz CT molecular complexity index is 1020. The molecule has 128 valence electrons. The van der Waals surface area contributed by atoms with Crippen LogP contribution >= 0.6 is 0 Å². The molecule has 5 nitrogen and oxygen atoms in total. The van der Waals surface area contributed by atoms with Crippen molar-refractivity contribution in [3.8, 4) is 6.07 Å². The quantitative estimate of drug-likeness (QED) is 0.828. The van der Waals surface area contributed by atoms with Crippen molar-refractivity contribution in [2.45, 2.75) is 5.41 Å². The van der Waals surface area contributed by atoms with Crippen LogP contribution in [0.15, 0.2) is 48.5 Å². The minimum Gasteiger partial charge on any atom is -0.325 e. The lowest BCUT2D eigenvalue weighted by atomic mass is 9.68. The van der Waals surface area contributed by atoms with Crippen molar-refractivity contribution >= 4 is 23.2 Å². The molecule has 2 aromatic carbocycles. The number of nitrogens with one attached hydrogen (secondary N) is 2. The van der Waals surface area contributed by atoms with Crippen molar-refractivity contribution < 1.29 is 18.4 Å². The highest BCUT2D eigenvalue weighted by atomic mass is 19.1. The van der Waals surface area contributed by atoms with E-state index in [1.807, 2.05) is 6.07 Å². The number of hydrogen-bond donors (Lipinski definition) is 2.